The molecule has 3 heterocycles. The lowest BCUT2D eigenvalue weighted by molar-refractivity contribution is -0.147. The van der Waals surface area contributed by atoms with Gasteiger partial charge in [0.2, 0.25) is 21.8 Å². The molecule has 0 radical (unpaired) electrons. The SMILES string of the molecule is CC[C@@H]1C[C@]1(CC(=O)[C@@H]1C[C@@H]2CN1C(=O)[C@H](C(C)(C)C)CC(=O)[C@@H](C)COC/C=C/c1cccc3c1CN(C3)C(=O)O2)C(=O)NS(=O)(=O)C1CC1. The second-order valence-corrected chi connectivity index (χ2v) is 18.3. The highest BCUT2D eigenvalue weighted by atomic mass is 32.2. The Morgan fingerprint density at radius 3 is 2.51 bits per heavy atom. The Kier molecular flexibility index (Phi) is 10.3. The predicted molar refractivity (Wildman–Crippen MR) is 188 cm³/mol. The Bertz CT molecular complexity index is 1730. The van der Waals surface area contributed by atoms with Gasteiger partial charge in [-0.3, -0.25) is 28.8 Å². The number of ketones is 2. The van der Waals surface area contributed by atoms with Crippen molar-refractivity contribution < 1.29 is 41.9 Å². The Labute approximate surface area is 300 Å². The number of Topliss-reactive ketones (excluding diaryl/α,β-unsaturated/α-hetero) is 2. The zero-order chi connectivity index (χ0) is 36.9. The maximum Gasteiger partial charge on any atom is 0.410 e. The summed E-state index contributed by atoms with van der Waals surface area (Å²) in [5.41, 5.74) is 1.11. The highest BCUT2D eigenvalue weighted by molar-refractivity contribution is 7.90. The van der Waals surface area contributed by atoms with Crippen molar-refractivity contribution in [3.8, 4) is 0 Å². The topological polar surface area (TPSA) is 156 Å². The van der Waals surface area contributed by atoms with Crippen molar-refractivity contribution in [3.05, 3.63) is 41.0 Å². The number of rotatable bonds is 7. The second kappa shape index (κ2) is 14.1. The highest BCUT2D eigenvalue weighted by Crippen LogP contribution is 2.58. The van der Waals surface area contributed by atoms with E-state index in [1.54, 1.807) is 11.8 Å². The quantitative estimate of drug-likeness (QED) is 0.431. The van der Waals surface area contributed by atoms with Crippen LogP contribution in [0.15, 0.2) is 24.3 Å². The minimum absolute atomic E-state index is 0.0367. The summed E-state index contributed by atoms with van der Waals surface area (Å²) in [6.07, 6.45) is 4.16. The van der Waals surface area contributed by atoms with E-state index in [-0.39, 0.29) is 49.9 Å². The Balaban J connectivity index is 1.29. The van der Waals surface area contributed by atoms with Crippen LogP contribution in [0.1, 0.15) is 96.3 Å². The van der Waals surface area contributed by atoms with E-state index in [0.29, 0.717) is 45.4 Å². The third-order valence-electron chi connectivity index (χ3n) is 11.5. The van der Waals surface area contributed by atoms with Crippen molar-refractivity contribution in [2.45, 2.75) is 110 Å². The molecule has 1 aromatic rings. The van der Waals surface area contributed by atoms with Gasteiger partial charge in [0.15, 0.2) is 5.78 Å². The van der Waals surface area contributed by atoms with Crippen LogP contribution in [0, 0.1) is 28.6 Å². The zero-order valence-corrected chi connectivity index (χ0v) is 31.1. The molecule has 6 atom stereocenters. The van der Waals surface area contributed by atoms with Crippen molar-refractivity contribution in [2.24, 2.45) is 28.6 Å². The first-order valence-electron chi connectivity index (χ1n) is 18.3. The van der Waals surface area contributed by atoms with E-state index >= 15 is 0 Å². The Morgan fingerprint density at radius 2 is 1.84 bits per heavy atom. The molecule has 12 nitrogen and oxygen atoms in total. The number of nitrogens with zero attached hydrogens (tertiary/aromatic N) is 2. The molecule has 1 aromatic carbocycles. The summed E-state index contributed by atoms with van der Waals surface area (Å²) < 4.78 is 39.5. The number of amides is 3. The molecule has 0 aromatic heterocycles. The van der Waals surface area contributed by atoms with E-state index < -0.39 is 68.0 Å². The number of benzene rings is 1. The van der Waals surface area contributed by atoms with Gasteiger partial charge in [0.25, 0.3) is 0 Å². The lowest BCUT2D eigenvalue weighted by Gasteiger charge is -2.35. The first-order chi connectivity index (χ1) is 24.0. The molecule has 5 aliphatic rings. The van der Waals surface area contributed by atoms with Gasteiger partial charge in [0.1, 0.15) is 11.9 Å². The standard InChI is InChI=1S/C38H51N3O9S/c1-6-26-17-38(26,35(45)39-51(47,48)28-12-13-28)18-33(43)31-15-27-20-41(31)34(44)30(37(3,4)5)16-32(42)23(2)22-49-14-8-11-24-9-7-10-25-19-40(21-29(24)25)36(46)50-27/h7-11,23,26-28,30-31H,6,12-22H2,1-5H3,(H,39,45)/b11-8+/t23-,26+,27+,30+,31-,38+/m0/s1. The monoisotopic (exact) mass is 725 g/mol. The Morgan fingerprint density at radius 1 is 1.10 bits per heavy atom. The van der Waals surface area contributed by atoms with Crippen LogP contribution < -0.4 is 4.72 Å². The van der Waals surface area contributed by atoms with Gasteiger partial charge in [-0.15, -0.1) is 0 Å². The highest BCUT2D eigenvalue weighted by Gasteiger charge is 2.62. The van der Waals surface area contributed by atoms with Crippen molar-refractivity contribution in [3.63, 3.8) is 0 Å². The van der Waals surface area contributed by atoms with Crippen LogP contribution in [0.25, 0.3) is 6.08 Å². The normalized spacial score (nSPS) is 31.0. The van der Waals surface area contributed by atoms with Gasteiger partial charge in [-0.05, 0) is 47.3 Å². The van der Waals surface area contributed by atoms with Gasteiger partial charge < -0.3 is 14.4 Å². The summed E-state index contributed by atoms with van der Waals surface area (Å²) in [5, 5.41) is -0.591. The molecule has 1 saturated heterocycles. The molecular formula is C38H51N3O9S. The van der Waals surface area contributed by atoms with E-state index in [2.05, 4.69) is 4.72 Å². The van der Waals surface area contributed by atoms with E-state index in [9.17, 15) is 32.4 Å². The minimum Gasteiger partial charge on any atom is -0.444 e. The molecule has 6 rings (SSSR count). The van der Waals surface area contributed by atoms with Crippen LogP contribution in [-0.4, -0.2) is 84.8 Å². The van der Waals surface area contributed by atoms with Gasteiger partial charge in [-0.2, -0.15) is 0 Å². The average Bonchev–Trinajstić information content (AvgIpc) is 3.96. The van der Waals surface area contributed by atoms with Crippen LogP contribution in [0.5, 0.6) is 0 Å². The zero-order valence-electron chi connectivity index (χ0n) is 30.3. The summed E-state index contributed by atoms with van der Waals surface area (Å²) in [6.45, 7) is 10.4. The number of carbonyl (C=O) groups excluding carboxylic acids is 5. The minimum atomic E-state index is -3.82. The molecular weight excluding hydrogens is 674 g/mol. The van der Waals surface area contributed by atoms with Crippen LogP contribution >= 0.6 is 0 Å². The number of carbonyl (C=O) groups is 5. The van der Waals surface area contributed by atoms with Crippen molar-refractivity contribution in [1.29, 1.82) is 0 Å². The fourth-order valence-corrected chi connectivity index (χ4v) is 9.33. The average molecular weight is 726 g/mol. The lowest BCUT2D eigenvalue weighted by atomic mass is 9.75. The van der Waals surface area contributed by atoms with Crippen LogP contribution in [0.2, 0.25) is 0 Å². The molecule has 2 aliphatic carbocycles. The second-order valence-electron chi connectivity index (χ2n) is 16.3. The number of fused-ring (bicyclic) bond motifs is 3. The molecule has 0 unspecified atom stereocenters. The van der Waals surface area contributed by atoms with Gasteiger partial charge >= 0.3 is 6.09 Å². The molecule has 0 spiro atoms. The van der Waals surface area contributed by atoms with Crippen molar-refractivity contribution in [1.82, 2.24) is 14.5 Å². The summed E-state index contributed by atoms with van der Waals surface area (Å²) in [5.74, 6) is -3.01. The smallest absolute Gasteiger partial charge is 0.410 e. The van der Waals surface area contributed by atoms with E-state index in [1.165, 1.54) is 4.90 Å². The molecule has 2 saturated carbocycles. The van der Waals surface area contributed by atoms with Crippen LogP contribution in [0.3, 0.4) is 0 Å². The molecule has 4 bridgehead atoms. The lowest BCUT2D eigenvalue weighted by Crippen LogP contribution is -2.49. The number of sulfonamides is 1. The van der Waals surface area contributed by atoms with Crippen molar-refractivity contribution in [2.75, 3.05) is 19.8 Å². The van der Waals surface area contributed by atoms with E-state index in [1.807, 2.05) is 58.0 Å². The number of hydrogen-bond acceptors (Lipinski definition) is 9. The first kappa shape index (κ1) is 37.2. The summed E-state index contributed by atoms with van der Waals surface area (Å²) in [4.78, 5) is 72.6. The fourth-order valence-electron chi connectivity index (χ4n) is 7.94. The predicted octanol–water partition coefficient (Wildman–Crippen LogP) is 4.39. The van der Waals surface area contributed by atoms with Gasteiger partial charge in [0.05, 0.1) is 43.0 Å². The fraction of sp³-hybridized carbons (Fsp3) is 0.658. The van der Waals surface area contributed by atoms with E-state index in [0.717, 1.165) is 16.7 Å². The molecule has 3 fully saturated rings. The molecule has 1 N–H and O–H groups in total. The molecule has 51 heavy (non-hydrogen) atoms. The molecule has 3 amide bonds. The largest absolute Gasteiger partial charge is 0.444 e. The third kappa shape index (κ3) is 7.79. The summed E-state index contributed by atoms with van der Waals surface area (Å²) in [7, 11) is -3.82. The first-order valence-corrected chi connectivity index (χ1v) is 19.8. The number of hydrogen-bond donors (Lipinski definition) is 1. The summed E-state index contributed by atoms with van der Waals surface area (Å²) in [6, 6.07) is 4.85. The van der Waals surface area contributed by atoms with Gasteiger partial charge in [-0.1, -0.05) is 71.4 Å². The van der Waals surface area contributed by atoms with E-state index in [4.69, 9.17) is 9.47 Å². The maximum atomic E-state index is 14.5. The molecule has 3 aliphatic heterocycles. The number of ether oxygens (including phenoxy) is 2. The number of nitrogens with one attached hydrogen (secondary N) is 1. The van der Waals surface area contributed by atoms with Gasteiger partial charge in [-0.25, -0.2) is 13.2 Å². The van der Waals surface area contributed by atoms with Crippen LogP contribution in [-0.2, 0) is 51.8 Å². The van der Waals surface area contributed by atoms with Crippen LogP contribution in [0.4, 0.5) is 4.79 Å². The third-order valence-corrected chi connectivity index (χ3v) is 13.3. The Hall–Kier alpha value is -3.58. The molecule has 13 heteroatoms. The van der Waals surface area contributed by atoms with Crippen molar-refractivity contribution >= 4 is 45.6 Å². The molecule has 278 valence electrons. The summed E-state index contributed by atoms with van der Waals surface area (Å²) >= 11 is 0. The van der Waals surface area contributed by atoms with Gasteiger partial charge in [0, 0.05) is 37.6 Å². The maximum absolute atomic E-state index is 14.5.